The lowest BCUT2D eigenvalue weighted by atomic mass is 9.96. The molecule has 0 saturated carbocycles. The highest BCUT2D eigenvalue weighted by Gasteiger charge is 2.22. The van der Waals surface area contributed by atoms with Crippen LogP contribution in [0.2, 0.25) is 0 Å². The largest absolute Gasteiger partial charge is 0.456 e. The predicted octanol–water partition coefficient (Wildman–Crippen LogP) is 15.7. The fourth-order valence-corrected chi connectivity index (χ4v) is 9.85. The Kier molecular flexibility index (Phi) is 5.96. The molecule has 14 aromatic rings. The zero-order valence-corrected chi connectivity index (χ0v) is 31.3. The van der Waals surface area contributed by atoms with Gasteiger partial charge in [0.25, 0.3) is 0 Å². The standard InChI is InChI=1S/C54H29NO4/c1-4-21-44-31(11-1)32-12-2-5-22-45(32)55(44)30-25-26-47-41(27-30)42-28-43-50(29-49(42)56-47)57-48-24-10-14-34(51(43)48)36-16-8-18-39-40-20-9-19-38(54(40)59-53(36)39)37-17-7-15-35-33-13-3-6-23-46(33)58-52(35)37/h1-29H. The van der Waals surface area contributed by atoms with Crippen molar-refractivity contribution in [3.05, 3.63) is 176 Å². The Morgan fingerprint density at radius 1 is 0.271 bits per heavy atom. The van der Waals surface area contributed by atoms with Crippen LogP contribution in [0.3, 0.4) is 0 Å². The molecule has 0 spiro atoms. The normalized spacial score (nSPS) is 12.4. The number of furan rings is 4. The van der Waals surface area contributed by atoms with E-state index in [1.807, 2.05) is 24.3 Å². The molecule has 59 heavy (non-hydrogen) atoms. The van der Waals surface area contributed by atoms with E-state index >= 15 is 0 Å². The fraction of sp³-hybridized carbons (Fsp3) is 0. The number of hydrogen-bond donors (Lipinski definition) is 0. The van der Waals surface area contributed by atoms with E-state index < -0.39 is 0 Å². The van der Waals surface area contributed by atoms with Gasteiger partial charge >= 0.3 is 0 Å². The minimum absolute atomic E-state index is 0.777. The van der Waals surface area contributed by atoms with Crippen molar-refractivity contribution in [2.24, 2.45) is 0 Å². The summed E-state index contributed by atoms with van der Waals surface area (Å²) in [6.45, 7) is 0. The lowest BCUT2D eigenvalue weighted by molar-refractivity contribution is 0.656. The molecule has 0 aliphatic heterocycles. The maximum atomic E-state index is 7.02. The number of hydrogen-bond acceptors (Lipinski definition) is 4. The van der Waals surface area contributed by atoms with Gasteiger partial charge in [-0.2, -0.15) is 0 Å². The van der Waals surface area contributed by atoms with E-state index in [0.717, 1.165) is 116 Å². The molecule has 0 amide bonds. The average molecular weight is 756 g/mol. The molecule has 14 rings (SSSR count). The van der Waals surface area contributed by atoms with Crippen LogP contribution in [-0.2, 0) is 0 Å². The Hall–Kier alpha value is -8.02. The average Bonchev–Trinajstić information content (AvgIpc) is 4.10. The lowest BCUT2D eigenvalue weighted by Crippen LogP contribution is -1.93. The highest BCUT2D eigenvalue weighted by molar-refractivity contribution is 6.22. The molecule has 0 radical (unpaired) electrons. The van der Waals surface area contributed by atoms with Gasteiger partial charge in [0.15, 0.2) is 0 Å². The van der Waals surface area contributed by atoms with E-state index in [1.165, 1.54) is 21.8 Å². The molecule has 0 unspecified atom stereocenters. The Morgan fingerprint density at radius 2 is 0.763 bits per heavy atom. The molecule has 5 aromatic heterocycles. The Bertz CT molecular complexity index is 4040. The van der Waals surface area contributed by atoms with Gasteiger partial charge in [0.05, 0.1) is 11.0 Å². The Labute approximate surface area is 334 Å². The van der Waals surface area contributed by atoms with E-state index in [1.54, 1.807) is 0 Å². The topological polar surface area (TPSA) is 57.5 Å². The summed E-state index contributed by atoms with van der Waals surface area (Å²) in [6.07, 6.45) is 0. The number of nitrogens with zero attached hydrogens (tertiary/aromatic N) is 1. The molecule has 5 heterocycles. The number of para-hydroxylation sites is 6. The fourth-order valence-electron chi connectivity index (χ4n) is 9.85. The zero-order valence-electron chi connectivity index (χ0n) is 31.3. The Morgan fingerprint density at radius 3 is 1.49 bits per heavy atom. The van der Waals surface area contributed by atoms with Gasteiger partial charge in [-0.25, -0.2) is 0 Å². The van der Waals surface area contributed by atoms with Crippen LogP contribution in [-0.4, -0.2) is 4.57 Å². The molecule has 9 aromatic carbocycles. The van der Waals surface area contributed by atoms with Crippen molar-refractivity contribution in [2.75, 3.05) is 0 Å². The van der Waals surface area contributed by atoms with Crippen molar-refractivity contribution in [2.45, 2.75) is 0 Å². The predicted molar refractivity (Wildman–Crippen MR) is 241 cm³/mol. The molecule has 0 bridgehead atoms. The number of rotatable bonds is 3. The first-order valence-corrected chi connectivity index (χ1v) is 19.9. The van der Waals surface area contributed by atoms with Crippen molar-refractivity contribution in [3.63, 3.8) is 0 Å². The molecule has 0 aliphatic rings. The first-order chi connectivity index (χ1) is 29.2. The highest BCUT2D eigenvalue weighted by atomic mass is 16.3. The third-order valence-corrected chi connectivity index (χ3v) is 12.4. The van der Waals surface area contributed by atoms with Crippen molar-refractivity contribution in [3.8, 4) is 27.9 Å². The van der Waals surface area contributed by atoms with Gasteiger partial charge in [-0.15, -0.1) is 0 Å². The van der Waals surface area contributed by atoms with Gasteiger partial charge < -0.3 is 22.2 Å². The van der Waals surface area contributed by atoms with Crippen LogP contribution in [0, 0.1) is 0 Å². The molecule has 0 atom stereocenters. The zero-order chi connectivity index (χ0) is 38.3. The highest BCUT2D eigenvalue weighted by Crippen LogP contribution is 2.46. The molecule has 0 saturated heterocycles. The van der Waals surface area contributed by atoms with Crippen LogP contribution >= 0.6 is 0 Å². The third kappa shape index (κ3) is 4.18. The van der Waals surface area contributed by atoms with Crippen molar-refractivity contribution in [1.29, 1.82) is 0 Å². The molecule has 274 valence electrons. The van der Waals surface area contributed by atoms with Crippen LogP contribution in [0.1, 0.15) is 0 Å². The van der Waals surface area contributed by atoms with E-state index in [9.17, 15) is 0 Å². The third-order valence-electron chi connectivity index (χ3n) is 12.4. The molecular weight excluding hydrogens is 727 g/mol. The van der Waals surface area contributed by atoms with Gasteiger partial charge in [0.1, 0.15) is 44.7 Å². The first-order valence-electron chi connectivity index (χ1n) is 19.9. The minimum Gasteiger partial charge on any atom is -0.456 e. The molecule has 5 nitrogen and oxygen atoms in total. The van der Waals surface area contributed by atoms with Crippen LogP contribution < -0.4 is 0 Å². The van der Waals surface area contributed by atoms with Crippen LogP contribution in [0.4, 0.5) is 0 Å². The maximum absolute atomic E-state index is 7.02. The van der Waals surface area contributed by atoms with Gasteiger partial charge in [-0.3, -0.25) is 0 Å². The quantitative estimate of drug-likeness (QED) is 0.180. The number of aromatic nitrogens is 1. The summed E-state index contributed by atoms with van der Waals surface area (Å²) >= 11 is 0. The van der Waals surface area contributed by atoms with Crippen molar-refractivity contribution < 1.29 is 17.7 Å². The van der Waals surface area contributed by atoms with E-state index in [2.05, 4.69) is 156 Å². The summed E-state index contributed by atoms with van der Waals surface area (Å²) < 4.78 is 29.0. The molecule has 0 aliphatic carbocycles. The summed E-state index contributed by atoms with van der Waals surface area (Å²) in [6, 6.07) is 61.7. The van der Waals surface area contributed by atoms with Crippen LogP contribution in [0.15, 0.2) is 194 Å². The second-order valence-electron chi connectivity index (χ2n) is 15.5. The first kappa shape index (κ1) is 31.1. The number of benzene rings is 9. The summed E-state index contributed by atoms with van der Waals surface area (Å²) in [5.74, 6) is 0. The van der Waals surface area contributed by atoms with Gasteiger partial charge in [-0.05, 0) is 54.1 Å². The van der Waals surface area contributed by atoms with Gasteiger partial charge in [0.2, 0.25) is 0 Å². The van der Waals surface area contributed by atoms with Crippen molar-refractivity contribution in [1.82, 2.24) is 4.57 Å². The van der Waals surface area contributed by atoms with Gasteiger partial charge in [-0.1, -0.05) is 121 Å². The second-order valence-corrected chi connectivity index (χ2v) is 15.5. The lowest BCUT2D eigenvalue weighted by Gasteiger charge is -2.08. The van der Waals surface area contributed by atoms with Crippen LogP contribution in [0.5, 0.6) is 0 Å². The minimum atomic E-state index is 0.777. The Balaban J connectivity index is 0.982. The molecule has 0 fully saturated rings. The summed E-state index contributed by atoms with van der Waals surface area (Å²) in [4.78, 5) is 0. The second kappa shape index (κ2) is 11.3. The summed E-state index contributed by atoms with van der Waals surface area (Å²) in [7, 11) is 0. The van der Waals surface area contributed by atoms with Crippen LogP contribution in [0.25, 0.3) is 138 Å². The molecule has 0 N–H and O–H groups in total. The number of fused-ring (bicyclic) bond motifs is 15. The smallest absolute Gasteiger partial charge is 0.143 e. The van der Waals surface area contributed by atoms with Gasteiger partial charge in [0, 0.05) is 82.3 Å². The van der Waals surface area contributed by atoms with E-state index in [0.29, 0.717) is 0 Å². The van der Waals surface area contributed by atoms with E-state index in [-0.39, 0.29) is 0 Å². The maximum Gasteiger partial charge on any atom is 0.143 e. The molecular formula is C54H29NO4. The SMILES string of the molecule is c1ccc2c(c1)oc1c(-c3cccc4c3oc3c(-c5cccc6oc7cc8oc9ccc(-n%10c%11ccccc%11c%11ccccc%11%10)cc9c8cc7c56)cccc34)cccc12. The van der Waals surface area contributed by atoms with Crippen molar-refractivity contribution >= 4 is 110 Å². The summed E-state index contributed by atoms with van der Waals surface area (Å²) in [5, 5.41) is 10.9. The monoisotopic (exact) mass is 755 g/mol. The molecule has 5 heteroatoms. The van der Waals surface area contributed by atoms with E-state index in [4.69, 9.17) is 17.7 Å². The summed E-state index contributed by atoms with van der Waals surface area (Å²) in [5.41, 5.74) is 14.1.